The lowest BCUT2D eigenvalue weighted by Gasteiger charge is -2.01. The van der Waals surface area contributed by atoms with Crippen LogP contribution in [-0.4, -0.2) is 15.8 Å². The third-order valence-electron chi connectivity index (χ3n) is 2.58. The highest BCUT2D eigenvalue weighted by atomic mass is 79.9. The van der Waals surface area contributed by atoms with Crippen LogP contribution in [0.5, 0.6) is 0 Å². The quantitative estimate of drug-likeness (QED) is 0.853. The van der Waals surface area contributed by atoms with Crippen LogP contribution in [0.15, 0.2) is 47.3 Å². The minimum Gasteiger partial charge on any atom is -0.299 e. The summed E-state index contributed by atoms with van der Waals surface area (Å²) in [5, 5.41) is 0. The molecule has 0 radical (unpaired) electrons. The molecule has 0 aromatic carbocycles. The summed E-state index contributed by atoms with van der Waals surface area (Å²) in [6.07, 6.45) is 6.91. The van der Waals surface area contributed by atoms with Crippen LogP contribution in [0.1, 0.15) is 17.7 Å². The van der Waals surface area contributed by atoms with E-state index in [1.807, 2.05) is 24.3 Å². The highest BCUT2D eigenvalue weighted by Gasteiger charge is 2.05. The lowest BCUT2D eigenvalue weighted by molar-refractivity contribution is -0.118. The molecule has 2 rings (SSSR count). The number of nitrogens with zero attached hydrogens (tertiary/aromatic N) is 2. The smallest absolute Gasteiger partial charge is 0.139 e. The van der Waals surface area contributed by atoms with Crippen molar-refractivity contribution in [3.8, 4) is 0 Å². The van der Waals surface area contributed by atoms with Gasteiger partial charge < -0.3 is 0 Å². The summed E-state index contributed by atoms with van der Waals surface area (Å²) in [7, 11) is 0. The Labute approximate surface area is 114 Å². The maximum absolute atomic E-state index is 11.8. The highest BCUT2D eigenvalue weighted by molar-refractivity contribution is 9.10. The zero-order chi connectivity index (χ0) is 12.8. The van der Waals surface area contributed by atoms with E-state index < -0.39 is 0 Å². The van der Waals surface area contributed by atoms with Gasteiger partial charge in [-0.3, -0.25) is 14.8 Å². The lowest BCUT2D eigenvalue weighted by atomic mass is 10.1. The van der Waals surface area contributed by atoms with Crippen molar-refractivity contribution in [3.05, 3.63) is 58.6 Å². The number of carbonyl (C=O) groups excluding carboxylic acids is 1. The van der Waals surface area contributed by atoms with E-state index in [9.17, 15) is 4.79 Å². The summed E-state index contributed by atoms with van der Waals surface area (Å²) in [6, 6.07) is 7.64. The highest BCUT2D eigenvalue weighted by Crippen LogP contribution is 2.09. The number of aromatic nitrogens is 2. The summed E-state index contributed by atoms with van der Waals surface area (Å²) in [4.78, 5) is 20.0. The van der Waals surface area contributed by atoms with Gasteiger partial charge in [0.2, 0.25) is 0 Å². The molecule has 0 aliphatic carbocycles. The van der Waals surface area contributed by atoms with Crippen molar-refractivity contribution in [2.45, 2.75) is 19.3 Å². The zero-order valence-electron chi connectivity index (χ0n) is 9.84. The molecule has 4 heteroatoms. The Balaban J connectivity index is 1.84. The fourth-order valence-corrected chi connectivity index (χ4v) is 1.87. The molecule has 2 heterocycles. The summed E-state index contributed by atoms with van der Waals surface area (Å²) in [5.41, 5.74) is 1.91. The second-order valence-corrected chi connectivity index (χ2v) is 4.96. The molecule has 0 aliphatic rings. The molecular formula is C14H13BrN2O. The van der Waals surface area contributed by atoms with Crippen LogP contribution < -0.4 is 0 Å². The van der Waals surface area contributed by atoms with E-state index in [4.69, 9.17) is 0 Å². The summed E-state index contributed by atoms with van der Waals surface area (Å²) in [5.74, 6) is 0.202. The Morgan fingerprint density at radius 3 is 2.78 bits per heavy atom. The molecule has 0 fully saturated rings. The standard InChI is InChI=1S/C14H13BrN2O/c15-12-4-5-13(17-10-12)8-14(18)6-3-11-2-1-7-16-9-11/h1-2,4-5,7,9-10H,3,6,8H2. The van der Waals surface area contributed by atoms with E-state index in [1.165, 1.54) is 0 Å². The maximum Gasteiger partial charge on any atom is 0.139 e. The molecular weight excluding hydrogens is 292 g/mol. The Morgan fingerprint density at radius 1 is 1.22 bits per heavy atom. The molecule has 0 saturated heterocycles. The summed E-state index contributed by atoms with van der Waals surface area (Å²) in [6.45, 7) is 0. The van der Waals surface area contributed by atoms with Crippen LogP contribution in [0.25, 0.3) is 0 Å². The van der Waals surface area contributed by atoms with Gasteiger partial charge in [-0.1, -0.05) is 6.07 Å². The molecule has 92 valence electrons. The van der Waals surface area contributed by atoms with Gasteiger partial charge in [-0.25, -0.2) is 0 Å². The first-order chi connectivity index (χ1) is 8.74. The van der Waals surface area contributed by atoms with Gasteiger partial charge in [0.1, 0.15) is 5.78 Å². The monoisotopic (exact) mass is 304 g/mol. The van der Waals surface area contributed by atoms with Gasteiger partial charge in [-0.05, 0) is 46.1 Å². The number of hydrogen-bond donors (Lipinski definition) is 0. The maximum atomic E-state index is 11.8. The minimum absolute atomic E-state index is 0.202. The third kappa shape index (κ3) is 4.04. The number of aryl methyl sites for hydroxylation is 1. The number of hydrogen-bond acceptors (Lipinski definition) is 3. The Morgan fingerprint density at radius 2 is 2.11 bits per heavy atom. The van der Waals surface area contributed by atoms with Gasteiger partial charge in [0.15, 0.2) is 0 Å². The van der Waals surface area contributed by atoms with E-state index in [1.54, 1.807) is 18.6 Å². The van der Waals surface area contributed by atoms with Crippen molar-refractivity contribution in [1.82, 2.24) is 9.97 Å². The second kappa shape index (κ2) is 6.40. The molecule has 2 aromatic heterocycles. The molecule has 2 aromatic rings. The number of ketones is 1. The molecule has 18 heavy (non-hydrogen) atoms. The molecule has 0 N–H and O–H groups in total. The first-order valence-corrected chi connectivity index (χ1v) is 6.54. The van der Waals surface area contributed by atoms with Crippen molar-refractivity contribution in [1.29, 1.82) is 0 Å². The second-order valence-electron chi connectivity index (χ2n) is 4.04. The predicted molar refractivity (Wildman–Crippen MR) is 73.2 cm³/mol. The van der Waals surface area contributed by atoms with E-state index in [2.05, 4.69) is 25.9 Å². The normalized spacial score (nSPS) is 10.3. The van der Waals surface area contributed by atoms with Gasteiger partial charge >= 0.3 is 0 Å². The predicted octanol–water partition coefficient (Wildman–Crippen LogP) is 2.98. The van der Waals surface area contributed by atoms with Crippen LogP contribution in [0.4, 0.5) is 0 Å². The number of rotatable bonds is 5. The van der Waals surface area contributed by atoms with Gasteiger partial charge in [0, 0.05) is 41.6 Å². The van der Waals surface area contributed by atoms with Crippen molar-refractivity contribution < 1.29 is 4.79 Å². The van der Waals surface area contributed by atoms with E-state index in [-0.39, 0.29) is 5.78 Å². The average molecular weight is 305 g/mol. The fraction of sp³-hybridized carbons (Fsp3) is 0.214. The molecule has 0 bridgehead atoms. The van der Waals surface area contributed by atoms with Crippen molar-refractivity contribution in [3.63, 3.8) is 0 Å². The van der Waals surface area contributed by atoms with Gasteiger partial charge in [-0.2, -0.15) is 0 Å². The fourth-order valence-electron chi connectivity index (χ4n) is 1.63. The third-order valence-corrected chi connectivity index (χ3v) is 3.05. The van der Waals surface area contributed by atoms with Crippen LogP contribution in [0, 0.1) is 0 Å². The van der Waals surface area contributed by atoms with Crippen LogP contribution >= 0.6 is 15.9 Å². The topological polar surface area (TPSA) is 42.9 Å². The van der Waals surface area contributed by atoms with Crippen molar-refractivity contribution in [2.24, 2.45) is 0 Å². The summed E-state index contributed by atoms with van der Waals surface area (Å²) >= 11 is 3.32. The average Bonchev–Trinajstić information content (AvgIpc) is 2.40. The molecule has 0 atom stereocenters. The Hall–Kier alpha value is -1.55. The Bertz CT molecular complexity index is 511. The molecule has 3 nitrogen and oxygen atoms in total. The molecule has 0 amide bonds. The number of carbonyl (C=O) groups is 1. The molecule has 0 saturated carbocycles. The number of pyridine rings is 2. The number of halogens is 1. The molecule has 0 unspecified atom stereocenters. The number of Topliss-reactive ketones (excluding diaryl/α,β-unsaturated/α-hetero) is 1. The van der Waals surface area contributed by atoms with Gasteiger partial charge in [-0.15, -0.1) is 0 Å². The van der Waals surface area contributed by atoms with Crippen LogP contribution in [0.2, 0.25) is 0 Å². The van der Waals surface area contributed by atoms with E-state index in [0.717, 1.165) is 22.2 Å². The first-order valence-electron chi connectivity index (χ1n) is 5.75. The Kier molecular flexibility index (Phi) is 4.59. The van der Waals surface area contributed by atoms with Crippen molar-refractivity contribution >= 4 is 21.7 Å². The van der Waals surface area contributed by atoms with Crippen LogP contribution in [0.3, 0.4) is 0 Å². The van der Waals surface area contributed by atoms with Crippen LogP contribution in [-0.2, 0) is 17.6 Å². The SMILES string of the molecule is O=C(CCc1cccnc1)Cc1ccc(Br)cn1. The van der Waals surface area contributed by atoms with Gasteiger partial charge in [0.25, 0.3) is 0 Å². The van der Waals surface area contributed by atoms with E-state index >= 15 is 0 Å². The molecule has 0 aliphatic heterocycles. The zero-order valence-corrected chi connectivity index (χ0v) is 11.4. The minimum atomic E-state index is 0.202. The van der Waals surface area contributed by atoms with Gasteiger partial charge in [0.05, 0.1) is 0 Å². The van der Waals surface area contributed by atoms with Crippen molar-refractivity contribution in [2.75, 3.05) is 0 Å². The molecule has 0 spiro atoms. The first kappa shape index (κ1) is 12.9. The van der Waals surface area contributed by atoms with E-state index in [0.29, 0.717) is 12.8 Å². The lowest BCUT2D eigenvalue weighted by Crippen LogP contribution is -2.05. The summed E-state index contributed by atoms with van der Waals surface area (Å²) < 4.78 is 0.925. The largest absolute Gasteiger partial charge is 0.299 e.